The summed E-state index contributed by atoms with van der Waals surface area (Å²) < 4.78 is 0. The van der Waals surface area contributed by atoms with Crippen LogP contribution in [-0.4, -0.2) is 11.5 Å². The number of thioether (sulfide) groups is 1. The Morgan fingerprint density at radius 2 is 2.44 bits per heavy atom. The van der Waals surface area contributed by atoms with E-state index in [1.165, 1.54) is 5.57 Å². The van der Waals surface area contributed by atoms with Gasteiger partial charge in [0.2, 0.25) is 0 Å². The van der Waals surface area contributed by atoms with E-state index in [-0.39, 0.29) is 0 Å². The molecule has 0 atom stereocenters. The molecule has 0 spiro atoms. The first-order chi connectivity index (χ1) is 4.27. The number of rotatable bonds is 4. The van der Waals surface area contributed by atoms with Gasteiger partial charge >= 0.3 is 0 Å². The summed E-state index contributed by atoms with van der Waals surface area (Å²) in [6, 6.07) is 2.09. The van der Waals surface area contributed by atoms with Crippen molar-refractivity contribution in [3.8, 4) is 6.07 Å². The molecule has 0 aliphatic heterocycles. The molecular weight excluding hydrogens is 130 g/mol. The van der Waals surface area contributed by atoms with E-state index >= 15 is 0 Å². The van der Waals surface area contributed by atoms with Crippen molar-refractivity contribution in [1.29, 1.82) is 5.26 Å². The van der Waals surface area contributed by atoms with Gasteiger partial charge in [-0.3, -0.25) is 0 Å². The summed E-state index contributed by atoms with van der Waals surface area (Å²) >= 11 is 1.76. The second-order valence-corrected chi connectivity index (χ2v) is 3.02. The minimum absolute atomic E-state index is 0.651. The Morgan fingerprint density at radius 3 is 2.89 bits per heavy atom. The van der Waals surface area contributed by atoms with E-state index in [0.29, 0.717) is 6.42 Å². The van der Waals surface area contributed by atoms with Gasteiger partial charge in [0.05, 0.1) is 6.07 Å². The smallest absolute Gasteiger partial charge is 0.0630 e. The van der Waals surface area contributed by atoms with Crippen molar-refractivity contribution in [2.75, 3.05) is 11.5 Å². The van der Waals surface area contributed by atoms with Gasteiger partial charge in [0.15, 0.2) is 0 Å². The Labute approximate surface area is 60.8 Å². The lowest BCUT2D eigenvalue weighted by Gasteiger charge is -1.94. The van der Waals surface area contributed by atoms with Crippen LogP contribution in [0.25, 0.3) is 0 Å². The normalized spacial score (nSPS) is 8.44. The molecule has 0 aromatic carbocycles. The second-order valence-electron chi connectivity index (χ2n) is 1.92. The molecule has 1 nitrogen and oxygen atoms in total. The fraction of sp³-hybridized carbons (Fsp3) is 0.571. The molecule has 0 N–H and O–H groups in total. The van der Waals surface area contributed by atoms with Gasteiger partial charge in [0.1, 0.15) is 0 Å². The minimum Gasteiger partial charge on any atom is -0.198 e. The minimum atomic E-state index is 0.651. The summed E-state index contributed by atoms with van der Waals surface area (Å²) in [5, 5.41) is 8.15. The molecule has 0 radical (unpaired) electrons. The van der Waals surface area contributed by atoms with Gasteiger partial charge in [-0.1, -0.05) is 12.2 Å². The van der Waals surface area contributed by atoms with Crippen molar-refractivity contribution in [3.05, 3.63) is 12.2 Å². The first kappa shape index (κ1) is 8.58. The van der Waals surface area contributed by atoms with Crippen LogP contribution in [-0.2, 0) is 0 Å². The van der Waals surface area contributed by atoms with Crippen molar-refractivity contribution in [3.63, 3.8) is 0 Å². The molecule has 0 unspecified atom stereocenters. The molecule has 0 aromatic heterocycles. The van der Waals surface area contributed by atoms with Crippen LogP contribution in [0.4, 0.5) is 0 Å². The molecule has 50 valence electrons. The average molecular weight is 141 g/mol. The number of nitrogens with zero attached hydrogens (tertiary/aromatic N) is 1. The number of hydrogen-bond acceptors (Lipinski definition) is 2. The molecule has 0 rings (SSSR count). The van der Waals surface area contributed by atoms with E-state index < -0.39 is 0 Å². The Kier molecular flexibility index (Phi) is 5.45. The molecule has 0 saturated heterocycles. The van der Waals surface area contributed by atoms with Gasteiger partial charge < -0.3 is 0 Å². The zero-order valence-corrected chi connectivity index (χ0v) is 6.50. The Bertz CT molecular complexity index is 123. The van der Waals surface area contributed by atoms with E-state index in [0.717, 1.165) is 11.5 Å². The molecule has 0 saturated carbocycles. The number of hydrogen-bond donors (Lipinski definition) is 0. The highest BCUT2D eigenvalue weighted by molar-refractivity contribution is 7.99. The van der Waals surface area contributed by atoms with Crippen LogP contribution in [0.1, 0.15) is 13.3 Å². The van der Waals surface area contributed by atoms with E-state index in [1.54, 1.807) is 11.8 Å². The maximum Gasteiger partial charge on any atom is 0.0630 e. The molecule has 0 fully saturated rings. The summed E-state index contributed by atoms with van der Waals surface area (Å²) in [5.74, 6) is 1.92. The molecule has 0 amide bonds. The SMILES string of the molecule is C=C(C)CSCCC#N. The maximum atomic E-state index is 8.15. The van der Waals surface area contributed by atoms with Crippen LogP contribution >= 0.6 is 11.8 Å². The van der Waals surface area contributed by atoms with Gasteiger partial charge in [0, 0.05) is 17.9 Å². The van der Waals surface area contributed by atoms with Gasteiger partial charge in [-0.15, -0.1) is 0 Å². The van der Waals surface area contributed by atoms with Crippen molar-refractivity contribution in [2.45, 2.75) is 13.3 Å². The van der Waals surface area contributed by atoms with Crippen LogP contribution in [0, 0.1) is 11.3 Å². The summed E-state index contributed by atoms with van der Waals surface area (Å²) in [7, 11) is 0. The van der Waals surface area contributed by atoms with Gasteiger partial charge in [0.25, 0.3) is 0 Å². The van der Waals surface area contributed by atoms with Crippen LogP contribution in [0.2, 0.25) is 0 Å². The molecule has 0 heterocycles. The molecule has 0 aliphatic carbocycles. The first-order valence-electron chi connectivity index (χ1n) is 2.86. The third-order valence-corrected chi connectivity index (χ3v) is 1.90. The zero-order valence-electron chi connectivity index (χ0n) is 5.68. The molecular formula is C7H11NS. The molecule has 9 heavy (non-hydrogen) atoms. The largest absolute Gasteiger partial charge is 0.198 e. The molecule has 2 heteroatoms. The predicted molar refractivity (Wildman–Crippen MR) is 42.4 cm³/mol. The summed E-state index contributed by atoms with van der Waals surface area (Å²) in [6.07, 6.45) is 0.651. The van der Waals surface area contributed by atoms with Gasteiger partial charge in [-0.05, 0) is 6.92 Å². The summed E-state index contributed by atoms with van der Waals surface area (Å²) in [6.45, 7) is 5.75. The van der Waals surface area contributed by atoms with Crippen LogP contribution < -0.4 is 0 Å². The lowest BCUT2D eigenvalue weighted by atomic mass is 10.4. The fourth-order valence-electron chi connectivity index (χ4n) is 0.364. The maximum absolute atomic E-state index is 8.15. The molecule has 0 aromatic rings. The van der Waals surface area contributed by atoms with Crippen molar-refractivity contribution < 1.29 is 0 Å². The Balaban J connectivity index is 2.94. The second kappa shape index (κ2) is 5.71. The van der Waals surface area contributed by atoms with E-state index in [4.69, 9.17) is 5.26 Å². The van der Waals surface area contributed by atoms with E-state index in [1.807, 2.05) is 6.92 Å². The predicted octanol–water partition coefficient (Wildman–Crippen LogP) is 2.21. The highest BCUT2D eigenvalue weighted by Gasteiger charge is 1.86. The highest BCUT2D eigenvalue weighted by Crippen LogP contribution is 2.05. The Hall–Kier alpha value is -0.420. The van der Waals surface area contributed by atoms with Crippen molar-refractivity contribution >= 4 is 11.8 Å². The third-order valence-electron chi connectivity index (χ3n) is 0.707. The zero-order chi connectivity index (χ0) is 7.11. The average Bonchev–Trinajstić information content (AvgIpc) is 1.80. The quantitative estimate of drug-likeness (QED) is 0.442. The lowest BCUT2D eigenvalue weighted by molar-refractivity contribution is 1.24. The Morgan fingerprint density at radius 1 is 1.78 bits per heavy atom. The monoisotopic (exact) mass is 141 g/mol. The van der Waals surface area contributed by atoms with E-state index in [9.17, 15) is 0 Å². The van der Waals surface area contributed by atoms with E-state index in [2.05, 4.69) is 12.6 Å². The highest BCUT2D eigenvalue weighted by atomic mass is 32.2. The number of nitriles is 1. The van der Waals surface area contributed by atoms with Crippen molar-refractivity contribution in [2.24, 2.45) is 0 Å². The van der Waals surface area contributed by atoms with Crippen LogP contribution in [0.3, 0.4) is 0 Å². The first-order valence-corrected chi connectivity index (χ1v) is 4.02. The molecule has 0 aliphatic rings. The van der Waals surface area contributed by atoms with Gasteiger partial charge in [-0.2, -0.15) is 17.0 Å². The van der Waals surface area contributed by atoms with Crippen LogP contribution in [0.5, 0.6) is 0 Å². The molecule has 0 bridgehead atoms. The third kappa shape index (κ3) is 7.58. The lowest BCUT2D eigenvalue weighted by Crippen LogP contribution is -1.81. The summed E-state index contributed by atoms with van der Waals surface area (Å²) in [4.78, 5) is 0. The summed E-state index contributed by atoms with van der Waals surface area (Å²) in [5.41, 5.74) is 1.18. The van der Waals surface area contributed by atoms with Crippen molar-refractivity contribution in [1.82, 2.24) is 0 Å². The fourth-order valence-corrected chi connectivity index (χ4v) is 1.09. The standard InChI is InChI=1S/C7H11NS/c1-7(2)6-9-5-3-4-8/h1,3,5-6H2,2H3. The van der Waals surface area contributed by atoms with Crippen LogP contribution in [0.15, 0.2) is 12.2 Å². The van der Waals surface area contributed by atoms with Gasteiger partial charge in [-0.25, -0.2) is 0 Å². The topological polar surface area (TPSA) is 23.8 Å².